The van der Waals surface area contributed by atoms with E-state index in [1.54, 1.807) is 0 Å². The van der Waals surface area contributed by atoms with Crippen LogP contribution in [0.2, 0.25) is 0 Å². The molecule has 3 fully saturated rings. The molecule has 2 aliphatic heterocycles. The largest absolute Gasteiger partial charge is 0.339 e. The lowest BCUT2D eigenvalue weighted by Crippen LogP contribution is -2.38. The lowest BCUT2D eigenvalue weighted by molar-refractivity contribution is 0.269. The van der Waals surface area contributed by atoms with Crippen LogP contribution in [0.3, 0.4) is 0 Å². The molecule has 1 N–H and O–H groups in total. The zero-order chi connectivity index (χ0) is 14.2. The van der Waals surface area contributed by atoms with Gasteiger partial charge in [0.05, 0.1) is 0 Å². The Morgan fingerprint density at radius 3 is 2.48 bits per heavy atom. The maximum absolute atomic E-state index is 5.56. The first-order valence-electron chi connectivity index (χ1n) is 8.85. The van der Waals surface area contributed by atoms with Crippen LogP contribution in [-0.4, -0.2) is 22.2 Å². The molecule has 2 bridgehead atoms. The SMILES string of the molecule is CC1CCC(c2noc(CC3CC4CCC(C3)N4)n2)CC1. The van der Waals surface area contributed by atoms with Crippen molar-refractivity contribution in [2.24, 2.45) is 11.8 Å². The standard InChI is InChI=1S/C17H27N3O/c1-11-2-4-13(5-3-11)17-19-16(21-20-17)10-12-8-14-6-7-15(9-12)18-14/h11-15,18H,2-10H2,1H3. The van der Waals surface area contributed by atoms with E-state index in [2.05, 4.69) is 17.4 Å². The van der Waals surface area contributed by atoms with E-state index in [9.17, 15) is 0 Å². The zero-order valence-electron chi connectivity index (χ0n) is 13.1. The van der Waals surface area contributed by atoms with Crippen molar-refractivity contribution < 1.29 is 4.52 Å². The van der Waals surface area contributed by atoms with Crippen molar-refractivity contribution in [3.05, 3.63) is 11.7 Å². The van der Waals surface area contributed by atoms with Crippen LogP contribution < -0.4 is 5.32 Å². The van der Waals surface area contributed by atoms with Crippen LogP contribution in [0.25, 0.3) is 0 Å². The molecule has 3 aliphatic rings. The van der Waals surface area contributed by atoms with Gasteiger partial charge in [-0.05, 0) is 50.4 Å². The Balaban J connectivity index is 1.36. The molecular weight excluding hydrogens is 262 g/mol. The minimum absolute atomic E-state index is 0.544. The number of piperidine rings is 1. The average molecular weight is 289 g/mol. The summed E-state index contributed by atoms with van der Waals surface area (Å²) in [5, 5.41) is 7.98. The van der Waals surface area contributed by atoms with Gasteiger partial charge in [0.2, 0.25) is 5.89 Å². The third kappa shape index (κ3) is 3.01. The molecule has 0 amide bonds. The number of nitrogens with one attached hydrogen (secondary N) is 1. The molecule has 116 valence electrons. The van der Waals surface area contributed by atoms with E-state index in [-0.39, 0.29) is 0 Å². The van der Waals surface area contributed by atoms with Gasteiger partial charge in [-0.25, -0.2) is 0 Å². The fraction of sp³-hybridized carbons (Fsp3) is 0.882. The third-order valence-corrected chi connectivity index (χ3v) is 5.90. The van der Waals surface area contributed by atoms with E-state index in [0.29, 0.717) is 5.92 Å². The summed E-state index contributed by atoms with van der Waals surface area (Å²) < 4.78 is 5.56. The number of nitrogens with zero attached hydrogens (tertiary/aromatic N) is 2. The van der Waals surface area contributed by atoms with E-state index in [0.717, 1.165) is 42.1 Å². The summed E-state index contributed by atoms with van der Waals surface area (Å²) in [7, 11) is 0. The van der Waals surface area contributed by atoms with Crippen LogP contribution in [0.1, 0.15) is 75.9 Å². The summed E-state index contributed by atoms with van der Waals surface area (Å²) in [6.45, 7) is 2.35. The Hall–Kier alpha value is -0.900. The molecule has 0 aromatic carbocycles. The first-order valence-corrected chi connectivity index (χ1v) is 8.85. The van der Waals surface area contributed by atoms with Crippen LogP contribution >= 0.6 is 0 Å². The quantitative estimate of drug-likeness (QED) is 0.926. The summed E-state index contributed by atoms with van der Waals surface area (Å²) in [5.41, 5.74) is 0. The van der Waals surface area contributed by atoms with Crippen LogP contribution in [0, 0.1) is 11.8 Å². The zero-order valence-corrected chi connectivity index (χ0v) is 13.1. The molecular formula is C17H27N3O. The molecule has 4 rings (SSSR count). The number of aromatic nitrogens is 2. The molecule has 3 heterocycles. The van der Waals surface area contributed by atoms with E-state index < -0.39 is 0 Å². The Labute approximate surface area is 127 Å². The lowest BCUT2D eigenvalue weighted by Gasteiger charge is -2.28. The molecule has 2 saturated heterocycles. The molecule has 4 nitrogen and oxygen atoms in total. The van der Waals surface area contributed by atoms with Crippen molar-refractivity contribution in [2.45, 2.75) is 82.7 Å². The molecule has 21 heavy (non-hydrogen) atoms. The van der Waals surface area contributed by atoms with Crippen molar-refractivity contribution in [2.75, 3.05) is 0 Å². The second-order valence-corrected chi connectivity index (χ2v) is 7.68. The molecule has 2 unspecified atom stereocenters. The summed E-state index contributed by atoms with van der Waals surface area (Å²) in [6.07, 6.45) is 11.4. The van der Waals surface area contributed by atoms with Crippen molar-refractivity contribution in [1.82, 2.24) is 15.5 Å². The van der Waals surface area contributed by atoms with Crippen molar-refractivity contribution in [1.29, 1.82) is 0 Å². The highest BCUT2D eigenvalue weighted by molar-refractivity contribution is 5.00. The Kier molecular flexibility index (Phi) is 3.74. The minimum Gasteiger partial charge on any atom is -0.339 e. The minimum atomic E-state index is 0.544. The number of rotatable bonds is 3. The second-order valence-electron chi connectivity index (χ2n) is 7.68. The molecule has 1 aromatic heterocycles. The number of hydrogen-bond donors (Lipinski definition) is 1. The Morgan fingerprint density at radius 1 is 1.05 bits per heavy atom. The van der Waals surface area contributed by atoms with Gasteiger partial charge in [0.25, 0.3) is 0 Å². The highest BCUT2D eigenvalue weighted by Gasteiger charge is 2.34. The fourth-order valence-corrected chi connectivity index (χ4v) is 4.62. The summed E-state index contributed by atoms with van der Waals surface area (Å²) in [4.78, 5) is 4.73. The van der Waals surface area contributed by atoms with Crippen molar-refractivity contribution >= 4 is 0 Å². The Morgan fingerprint density at radius 2 is 1.76 bits per heavy atom. The molecule has 1 aliphatic carbocycles. The molecule has 4 heteroatoms. The highest BCUT2D eigenvalue weighted by Crippen LogP contribution is 2.35. The van der Waals surface area contributed by atoms with Crippen LogP contribution in [0.5, 0.6) is 0 Å². The highest BCUT2D eigenvalue weighted by atomic mass is 16.5. The summed E-state index contributed by atoms with van der Waals surface area (Å²) in [5.74, 6) is 4.02. The molecule has 0 spiro atoms. The molecule has 0 radical (unpaired) electrons. The van der Waals surface area contributed by atoms with Gasteiger partial charge in [-0.2, -0.15) is 4.98 Å². The Bertz CT molecular complexity index is 466. The summed E-state index contributed by atoms with van der Waals surface area (Å²) >= 11 is 0. The van der Waals surface area contributed by atoms with Crippen LogP contribution in [0.15, 0.2) is 4.52 Å². The van der Waals surface area contributed by atoms with Crippen molar-refractivity contribution in [3.8, 4) is 0 Å². The van der Waals surface area contributed by atoms with E-state index >= 15 is 0 Å². The van der Waals surface area contributed by atoms with Gasteiger partial charge >= 0.3 is 0 Å². The first kappa shape index (κ1) is 13.7. The van der Waals surface area contributed by atoms with Gasteiger partial charge in [-0.1, -0.05) is 24.9 Å². The van der Waals surface area contributed by atoms with E-state index in [1.807, 2.05) is 0 Å². The van der Waals surface area contributed by atoms with Crippen molar-refractivity contribution in [3.63, 3.8) is 0 Å². The maximum Gasteiger partial charge on any atom is 0.226 e. The van der Waals surface area contributed by atoms with Gasteiger partial charge in [0, 0.05) is 24.4 Å². The van der Waals surface area contributed by atoms with E-state index in [4.69, 9.17) is 9.51 Å². The number of fused-ring (bicyclic) bond motifs is 2. The van der Waals surface area contributed by atoms with Gasteiger partial charge in [0.15, 0.2) is 5.82 Å². The lowest BCUT2D eigenvalue weighted by atomic mass is 9.83. The number of hydrogen-bond acceptors (Lipinski definition) is 4. The maximum atomic E-state index is 5.56. The third-order valence-electron chi connectivity index (χ3n) is 5.90. The van der Waals surface area contributed by atoms with Gasteiger partial charge in [0.1, 0.15) is 0 Å². The van der Waals surface area contributed by atoms with Gasteiger partial charge in [-0.3, -0.25) is 0 Å². The summed E-state index contributed by atoms with van der Waals surface area (Å²) in [6, 6.07) is 1.49. The second kappa shape index (κ2) is 5.71. The van der Waals surface area contributed by atoms with Crippen LogP contribution in [0.4, 0.5) is 0 Å². The molecule has 2 atom stereocenters. The topological polar surface area (TPSA) is 51.0 Å². The normalized spacial score (nSPS) is 39.6. The smallest absolute Gasteiger partial charge is 0.226 e. The fourth-order valence-electron chi connectivity index (χ4n) is 4.62. The average Bonchev–Trinajstić information content (AvgIpc) is 3.07. The van der Waals surface area contributed by atoms with E-state index in [1.165, 1.54) is 51.4 Å². The predicted octanol–water partition coefficient (Wildman–Crippen LogP) is 3.44. The molecule has 1 aromatic rings. The monoisotopic (exact) mass is 289 g/mol. The van der Waals surface area contributed by atoms with Gasteiger partial charge in [-0.15, -0.1) is 0 Å². The molecule has 1 saturated carbocycles. The van der Waals surface area contributed by atoms with Gasteiger partial charge < -0.3 is 9.84 Å². The first-order chi connectivity index (χ1) is 10.3. The predicted molar refractivity (Wildman–Crippen MR) is 81.0 cm³/mol. The van der Waals surface area contributed by atoms with Crippen LogP contribution in [-0.2, 0) is 6.42 Å².